The van der Waals surface area contributed by atoms with Crippen LogP contribution in [0, 0.1) is 11.8 Å². The molecule has 5 aliphatic heterocycles. The summed E-state index contributed by atoms with van der Waals surface area (Å²) in [4.78, 5) is 52.6. The number of cyclic esters (lactones) is 2. The van der Waals surface area contributed by atoms with Gasteiger partial charge in [0.05, 0.1) is 63.9 Å². The largest absolute Gasteiger partial charge is 0.468 e. The number of hydrogen-bond donors (Lipinski definition) is 8. The van der Waals surface area contributed by atoms with Crippen molar-refractivity contribution in [3.8, 4) is 0 Å². The van der Waals surface area contributed by atoms with Crippen LogP contribution in [-0.4, -0.2) is 179 Å². The van der Waals surface area contributed by atoms with Crippen LogP contribution in [0.25, 0.3) is 0 Å². The Hall–Kier alpha value is -4.04. The lowest BCUT2D eigenvalue weighted by atomic mass is 9.85. The highest BCUT2D eigenvalue weighted by Crippen LogP contribution is 2.39. The van der Waals surface area contributed by atoms with E-state index >= 15 is 0 Å². The molecule has 56 heavy (non-hydrogen) atoms. The topological polar surface area (TPSA) is 322 Å². The van der Waals surface area contributed by atoms with Gasteiger partial charge in [0.1, 0.15) is 62.0 Å². The van der Waals surface area contributed by atoms with Crippen LogP contribution >= 0.6 is 0 Å². The molecular formula is C34H44O22. The number of aliphatic hydroxyl groups is 8. The summed E-state index contributed by atoms with van der Waals surface area (Å²) in [7, 11) is 2.14. The van der Waals surface area contributed by atoms with Crippen molar-refractivity contribution in [3.05, 3.63) is 47.0 Å². The number of aliphatic hydroxyl groups excluding tert-OH is 8. The molecule has 0 bridgehead atoms. The Kier molecular flexibility index (Phi) is 14.6. The quantitative estimate of drug-likeness (QED) is 0.0650. The van der Waals surface area contributed by atoms with E-state index in [0.29, 0.717) is 0 Å². The van der Waals surface area contributed by atoms with Crippen molar-refractivity contribution in [2.45, 2.75) is 86.8 Å². The number of carbonyl (C=O) groups excluding carboxylic acids is 4. The van der Waals surface area contributed by atoms with E-state index in [1.807, 2.05) is 0 Å². The van der Waals surface area contributed by atoms with E-state index < -0.39 is 149 Å². The van der Waals surface area contributed by atoms with Gasteiger partial charge in [-0.15, -0.1) is 0 Å². The maximum atomic E-state index is 13.4. The Balaban J connectivity index is 1.46. The number of hydrogen-bond acceptors (Lipinski definition) is 22. The summed E-state index contributed by atoms with van der Waals surface area (Å²) in [5.74, 6) is -6.21. The summed E-state index contributed by atoms with van der Waals surface area (Å²) in [5.41, 5.74) is -0.473. The summed E-state index contributed by atoms with van der Waals surface area (Å²) < 4.78 is 54.3. The zero-order chi connectivity index (χ0) is 40.8. The van der Waals surface area contributed by atoms with Crippen LogP contribution in [0.2, 0.25) is 0 Å². The summed E-state index contributed by atoms with van der Waals surface area (Å²) in [6, 6.07) is 0. The average Bonchev–Trinajstić information content (AvgIpc) is 3.19. The molecule has 0 radical (unpaired) electrons. The number of rotatable bonds is 8. The predicted octanol–water partition coefficient (Wildman–Crippen LogP) is -4.59. The van der Waals surface area contributed by atoms with Gasteiger partial charge >= 0.3 is 23.9 Å². The van der Waals surface area contributed by atoms with Crippen LogP contribution in [0.5, 0.6) is 0 Å². The van der Waals surface area contributed by atoms with E-state index in [2.05, 4.69) is 0 Å². The molecule has 312 valence electrons. The van der Waals surface area contributed by atoms with E-state index in [0.717, 1.165) is 26.7 Å². The first-order chi connectivity index (χ1) is 26.7. The second-order valence-corrected chi connectivity index (χ2v) is 13.0. The fourth-order valence-electron chi connectivity index (χ4n) is 6.57. The first-order valence-electron chi connectivity index (χ1n) is 17.2. The van der Waals surface area contributed by atoms with E-state index in [1.54, 1.807) is 0 Å². The van der Waals surface area contributed by atoms with Gasteiger partial charge in [-0.2, -0.15) is 0 Å². The van der Waals surface area contributed by atoms with Crippen LogP contribution in [0.4, 0.5) is 0 Å². The van der Waals surface area contributed by atoms with Crippen LogP contribution in [-0.2, 0) is 66.5 Å². The molecular weight excluding hydrogens is 760 g/mol. The third kappa shape index (κ3) is 9.22. The minimum absolute atomic E-state index is 0.0305. The van der Waals surface area contributed by atoms with Crippen LogP contribution < -0.4 is 0 Å². The Morgan fingerprint density at radius 3 is 1.34 bits per heavy atom. The smallest absolute Gasteiger partial charge is 0.337 e. The van der Waals surface area contributed by atoms with Crippen molar-refractivity contribution in [1.82, 2.24) is 0 Å². The summed E-state index contributed by atoms with van der Waals surface area (Å²) in [6.45, 7) is -2.69. The fraction of sp³-hybridized carbons (Fsp3) is 0.647. The molecule has 0 aromatic carbocycles. The average molecular weight is 805 g/mol. The van der Waals surface area contributed by atoms with Crippen LogP contribution in [0.1, 0.15) is 12.8 Å². The standard InChI is InChI=1S/C34H44O22/c1-47-29(45)17-11-51-31(55-33-27(43)25(41)23(39)19(9-35)53-33)13-3-5-50-22(38)8-16-14(4-6-49-21(37)7-15(13)17)32(52-12-18(16)30(46)48-2)56-34-28(44)26(42)24(40)20(10-36)54-34/h3-4,11-12,15-16,19-20,23-28,31-36,39-44H,5-10H2,1-2H3. The van der Waals surface area contributed by atoms with Gasteiger partial charge in [-0.3, -0.25) is 9.59 Å². The maximum Gasteiger partial charge on any atom is 0.337 e. The highest BCUT2D eigenvalue weighted by molar-refractivity contribution is 5.91. The van der Waals surface area contributed by atoms with Crippen molar-refractivity contribution in [2.24, 2.45) is 11.8 Å². The number of carbonyl (C=O) groups is 4. The van der Waals surface area contributed by atoms with E-state index in [1.165, 1.54) is 12.2 Å². The maximum absolute atomic E-state index is 13.4. The zero-order valence-corrected chi connectivity index (χ0v) is 29.9. The number of esters is 4. The third-order valence-corrected chi connectivity index (χ3v) is 9.66. The molecule has 0 aliphatic carbocycles. The predicted molar refractivity (Wildman–Crippen MR) is 174 cm³/mol. The van der Waals surface area contributed by atoms with Crippen molar-refractivity contribution in [1.29, 1.82) is 0 Å². The molecule has 14 atom stereocenters. The summed E-state index contributed by atoms with van der Waals surface area (Å²) in [5, 5.41) is 81.4. The molecule has 5 aliphatic rings. The molecule has 5 rings (SSSR count). The molecule has 2 saturated heterocycles. The Morgan fingerprint density at radius 2 is 1.00 bits per heavy atom. The van der Waals surface area contributed by atoms with Gasteiger partial charge in [0.2, 0.25) is 12.6 Å². The number of methoxy groups -OCH3 is 2. The highest BCUT2D eigenvalue weighted by atomic mass is 16.8. The summed E-state index contributed by atoms with van der Waals surface area (Å²) in [6.07, 6.45) is -17.0. The molecule has 0 aromatic heterocycles. The zero-order valence-electron chi connectivity index (χ0n) is 29.9. The first kappa shape index (κ1) is 43.1. The second kappa shape index (κ2) is 18.9. The molecule has 22 heteroatoms. The molecule has 14 unspecified atom stereocenters. The van der Waals surface area contributed by atoms with Gasteiger partial charge in [0, 0.05) is 23.0 Å². The fourth-order valence-corrected chi connectivity index (χ4v) is 6.57. The molecule has 22 nitrogen and oxygen atoms in total. The van der Waals surface area contributed by atoms with Gasteiger partial charge in [0.15, 0.2) is 12.6 Å². The molecule has 0 spiro atoms. The molecule has 5 heterocycles. The minimum Gasteiger partial charge on any atom is -0.468 e. The second-order valence-electron chi connectivity index (χ2n) is 13.0. The number of ether oxygens (including phenoxy) is 10. The normalized spacial score (nSPS) is 38.2. The molecule has 0 amide bonds. The molecule has 2 fully saturated rings. The lowest BCUT2D eigenvalue weighted by Crippen LogP contribution is -2.60. The van der Waals surface area contributed by atoms with E-state index in [4.69, 9.17) is 47.4 Å². The SMILES string of the molecule is COC(=O)C1=COC(OC2OC(CO)C(O)C(O)C2O)C2=CCOC(=O)CC3C(C(=O)OC)=COC(OC4OC(CO)C(O)C(O)C4O)C3=CCOC(=O)CC12. The highest BCUT2D eigenvalue weighted by Gasteiger charge is 2.49. The van der Waals surface area contributed by atoms with Crippen molar-refractivity contribution in [2.75, 3.05) is 40.6 Å². The van der Waals surface area contributed by atoms with Crippen molar-refractivity contribution >= 4 is 23.9 Å². The molecule has 0 aromatic rings. The van der Waals surface area contributed by atoms with Crippen LogP contribution in [0.15, 0.2) is 47.0 Å². The molecule has 0 saturated carbocycles. The van der Waals surface area contributed by atoms with Gasteiger partial charge in [-0.25, -0.2) is 9.59 Å². The lowest BCUT2D eigenvalue weighted by Gasteiger charge is -2.42. The number of fused-ring (bicyclic) bond motifs is 2. The van der Waals surface area contributed by atoms with Crippen molar-refractivity contribution in [3.63, 3.8) is 0 Å². The lowest BCUT2D eigenvalue weighted by molar-refractivity contribution is -0.328. The Morgan fingerprint density at radius 1 is 0.625 bits per heavy atom. The van der Waals surface area contributed by atoms with Gasteiger partial charge < -0.3 is 88.2 Å². The Bertz CT molecular complexity index is 1450. The van der Waals surface area contributed by atoms with Gasteiger partial charge in [0.25, 0.3) is 0 Å². The van der Waals surface area contributed by atoms with Gasteiger partial charge in [-0.1, -0.05) is 0 Å². The summed E-state index contributed by atoms with van der Waals surface area (Å²) >= 11 is 0. The van der Waals surface area contributed by atoms with Gasteiger partial charge in [-0.05, 0) is 12.2 Å². The minimum atomic E-state index is -1.87. The van der Waals surface area contributed by atoms with Crippen LogP contribution in [0.3, 0.4) is 0 Å². The third-order valence-electron chi connectivity index (χ3n) is 9.66. The van der Waals surface area contributed by atoms with E-state index in [-0.39, 0.29) is 22.3 Å². The van der Waals surface area contributed by atoms with Crippen molar-refractivity contribution < 1.29 is 107 Å². The first-order valence-corrected chi connectivity index (χ1v) is 17.2. The molecule has 8 N–H and O–H groups in total. The monoisotopic (exact) mass is 804 g/mol. The van der Waals surface area contributed by atoms with E-state index in [9.17, 15) is 60.0 Å². The Labute approximate surface area is 317 Å².